The van der Waals surface area contributed by atoms with Crippen LogP contribution in [0.4, 0.5) is 10.8 Å². The first-order valence-electron chi connectivity index (χ1n) is 8.10. The summed E-state index contributed by atoms with van der Waals surface area (Å²) >= 11 is 1.09. The SMILES string of the molecule is Cc1cc(C)c(NC(=O)CNC(=O)Cc2csc(NS(C)(=O)=O)n2)c(C)c1. The standard InChI is InChI=1S/C17H22N4O4S2/c1-10-5-11(2)16(12(3)6-10)20-15(23)8-18-14(22)7-13-9-26-17(19-13)21-27(4,24)25/h5-6,9H,7-8H2,1-4H3,(H,18,22)(H,19,21)(H,20,23). The summed E-state index contributed by atoms with van der Waals surface area (Å²) in [6, 6.07) is 3.96. The van der Waals surface area contributed by atoms with Gasteiger partial charge >= 0.3 is 0 Å². The van der Waals surface area contributed by atoms with E-state index in [0.717, 1.165) is 40.0 Å². The fourth-order valence-electron chi connectivity index (χ4n) is 2.56. The van der Waals surface area contributed by atoms with Gasteiger partial charge in [0.2, 0.25) is 21.8 Å². The van der Waals surface area contributed by atoms with Crippen molar-refractivity contribution in [1.82, 2.24) is 10.3 Å². The maximum absolute atomic E-state index is 12.1. The summed E-state index contributed by atoms with van der Waals surface area (Å²) in [7, 11) is -3.41. The third-order valence-electron chi connectivity index (χ3n) is 3.55. The molecular weight excluding hydrogens is 388 g/mol. The number of hydrogen-bond acceptors (Lipinski definition) is 6. The summed E-state index contributed by atoms with van der Waals surface area (Å²) in [5, 5.41) is 7.13. The van der Waals surface area contributed by atoms with Gasteiger partial charge < -0.3 is 10.6 Å². The topological polar surface area (TPSA) is 117 Å². The molecule has 0 atom stereocenters. The van der Waals surface area contributed by atoms with Crippen LogP contribution in [0.5, 0.6) is 0 Å². The number of carbonyl (C=O) groups is 2. The molecule has 10 heteroatoms. The fourth-order valence-corrected chi connectivity index (χ4v) is 4.12. The lowest BCUT2D eigenvalue weighted by atomic mass is 10.1. The first-order chi connectivity index (χ1) is 12.5. The van der Waals surface area contributed by atoms with Crippen LogP contribution in [0.15, 0.2) is 17.5 Å². The van der Waals surface area contributed by atoms with Gasteiger partial charge in [0.05, 0.1) is 24.9 Å². The van der Waals surface area contributed by atoms with Gasteiger partial charge in [0.25, 0.3) is 0 Å². The van der Waals surface area contributed by atoms with E-state index in [0.29, 0.717) is 5.69 Å². The highest BCUT2D eigenvalue weighted by Crippen LogP contribution is 2.21. The molecule has 0 bridgehead atoms. The quantitative estimate of drug-likeness (QED) is 0.643. The number of nitrogens with one attached hydrogen (secondary N) is 3. The highest BCUT2D eigenvalue weighted by molar-refractivity contribution is 7.92. The molecule has 0 saturated carbocycles. The first-order valence-corrected chi connectivity index (χ1v) is 10.9. The molecule has 2 rings (SSSR count). The van der Waals surface area contributed by atoms with Gasteiger partial charge in [-0.05, 0) is 31.9 Å². The minimum Gasteiger partial charge on any atom is -0.347 e. The Morgan fingerprint density at radius 2 is 1.74 bits per heavy atom. The third kappa shape index (κ3) is 6.65. The molecule has 0 fully saturated rings. The molecule has 0 spiro atoms. The van der Waals surface area contributed by atoms with Crippen molar-refractivity contribution >= 4 is 44.0 Å². The van der Waals surface area contributed by atoms with Gasteiger partial charge in [0.1, 0.15) is 0 Å². The van der Waals surface area contributed by atoms with Gasteiger partial charge in [0.15, 0.2) is 5.13 Å². The summed E-state index contributed by atoms with van der Waals surface area (Å²) in [6.45, 7) is 5.66. The fraction of sp³-hybridized carbons (Fsp3) is 0.353. The van der Waals surface area contributed by atoms with Crippen molar-refractivity contribution in [2.75, 3.05) is 22.8 Å². The summed E-state index contributed by atoms with van der Waals surface area (Å²) in [5.41, 5.74) is 4.20. The zero-order valence-corrected chi connectivity index (χ0v) is 17.2. The number of rotatable bonds is 7. The zero-order valence-electron chi connectivity index (χ0n) is 15.5. The number of carbonyl (C=O) groups excluding carboxylic acids is 2. The maximum Gasteiger partial charge on any atom is 0.243 e. The minimum absolute atomic E-state index is 0.0438. The third-order valence-corrected chi connectivity index (χ3v) is 5.05. The Morgan fingerprint density at radius 3 is 2.33 bits per heavy atom. The first kappa shape index (κ1) is 20.8. The van der Waals surface area contributed by atoms with E-state index in [9.17, 15) is 18.0 Å². The van der Waals surface area contributed by atoms with Crippen molar-refractivity contribution in [3.8, 4) is 0 Å². The predicted octanol–water partition coefficient (Wildman–Crippen LogP) is 1.74. The van der Waals surface area contributed by atoms with Crippen LogP contribution in [0.25, 0.3) is 0 Å². The Morgan fingerprint density at radius 1 is 1.11 bits per heavy atom. The Kier molecular flexibility index (Phi) is 6.55. The minimum atomic E-state index is -3.41. The second-order valence-corrected chi connectivity index (χ2v) is 8.90. The number of hydrogen-bond donors (Lipinski definition) is 3. The van der Waals surface area contributed by atoms with Gasteiger partial charge in [-0.3, -0.25) is 14.3 Å². The average molecular weight is 411 g/mol. The van der Waals surface area contributed by atoms with Crippen molar-refractivity contribution in [3.63, 3.8) is 0 Å². The second-order valence-electron chi connectivity index (χ2n) is 6.29. The molecule has 0 unspecified atom stereocenters. The zero-order chi connectivity index (χ0) is 20.2. The van der Waals surface area contributed by atoms with E-state index in [4.69, 9.17) is 0 Å². The molecule has 0 aliphatic rings. The number of aryl methyl sites for hydroxylation is 3. The number of amides is 2. The van der Waals surface area contributed by atoms with E-state index in [-0.39, 0.29) is 29.9 Å². The molecule has 2 amide bonds. The van der Waals surface area contributed by atoms with E-state index in [1.54, 1.807) is 5.38 Å². The molecule has 8 nitrogen and oxygen atoms in total. The molecule has 146 valence electrons. The number of benzene rings is 1. The van der Waals surface area contributed by atoms with Crippen molar-refractivity contribution in [1.29, 1.82) is 0 Å². The van der Waals surface area contributed by atoms with Crippen LogP contribution in [-0.4, -0.2) is 38.0 Å². The summed E-state index contributed by atoms with van der Waals surface area (Å²) in [4.78, 5) is 28.1. The predicted molar refractivity (Wildman–Crippen MR) is 107 cm³/mol. The number of thiazole rings is 1. The van der Waals surface area contributed by atoms with Gasteiger partial charge in [0, 0.05) is 11.1 Å². The van der Waals surface area contributed by atoms with Crippen molar-refractivity contribution < 1.29 is 18.0 Å². The largest absolute Gasteiger partial charge is 0.347 e. The summed E-state index contributed by atoms with van der Waals surface area (Å²) < 4.78 is 24.6. The molecule has 27 heavy (non-hydrogen) atoms. The van der Waals surface area contributed by atoms with E-state index < -0.39 is 10.0 Å². The normalized spacial score (nSPS) is 11.1. The molecule has 1 aromatic heterocycles. The lowest BCUT2D eigenvalue weighted by molar-refractivity contribution is -0.123. The van der Waals surface area contributed by atoms with Crippen LogP contribution in [-0.2, 0) is 26.0 Å². The highest BCUT2D eigenvalue weighted by atomic mass is 32.2. The molecular formula is C17H22N4O4S2. The van der Waals surface area contributed by atoms with Crippen molar-refractivity contribution in [2.45, 2.75) is 27.2 Å². The summed E-state index contributed by atoms with van der Waals surface area (Å²) in [5.74, 6) is -0.699. The number of sulfonamides is 1. The van der Waals surface area contributed by atoms with E-state index in [1.165, 1.54) is 0 Å². The Hall–Kier alpha value is -2.46. The van der Waals surface area contributed by atoms with E-state index in [1.807, 2.05) is 32.9 Å². The number of nitrogens with zero attached hydrogens (tertiary/aromatic N) is 1. The van der Waals surface area contributed by atoms with Crippen molar-refractivity contribution in [3.05, 3.63) is 39.9 Å². The van der Waals surface area contributed by atoms with E-state index in [2.05, 4.69) is 20.3 Å². The summed E-state index contributed by atoms with van der Waals surface area (Å²) in [6.07, 6.45) is 0.981. The molecule has 0 aliphatic carbocycles. The van der Waals surface area contributed by atoms with Crippen LogP contribution in [0.1, 0.15) is 22.4 Å². The van der Waals surface area contributed by atoms with Gasteiger partial charge in [-0.15, -0.1) is 11.3 Å². The monoisotopic (exact) mass is 410 g/mol. The molecule has 1 aromatic carbocycles. The molecule has 1 heterocycles. The Bertz CT molecular complexity index is 944. The van der Waals surface area contributed by atoms with Crippen molar-refractivity contribution in [2.24, 2.45) is 0 Å². The van der Waals surface area contributed by atoms with Crippen LogP contribution < -0.4 is 15.4 Å². The lowest BCUT2D eigenvalue weighted by Gasteiger charge is -2.13. The van der Waals surface area contributed by atoms with Crippen LogP contribution in [0.3, 0.4) is 0 Å². The lowest BCUT2D eigenvalue weighted by Crippen LogP contribution is -2.34. The Labute approximate surface area is 162 Å². The van der Waals surface area contributed by atoms with Gasteiger partial charge in [-0.2, -0.15) is 0 Å². The average Bonchev–Trinajstić information content (AvgIpc) is 2.93. The second kappa shape index (κ2) is 8.49. The molecule has 2 aromatic rings. The maximum atomic E-state index is 12.1. The number of aromatic nitrogens is 1. The molecule has 0 radical (unpaired) electrons. The van der Waals surface area contributed by atoms with Crippen LogP contribution >= 0.6 is 11.3 Å². The smallest absolute Gasteiger partial charge is 0.243 e. The van der Waals surface area contributed by atoms with Gasteiger partial charge in [-0.25, -0.2) is 13.4 Å². The van der Waals surface area contributed by atoms with E-state index >= 15 is 0 Å². The molecule has 0 aliphatic heterocycles. The van der Waals surface area contributed by atoms with Crippen LogP contribution in [0.2, 0.25) is 0 Å². The molecule has 3 N–H and O–H groups in total. The van der Waals surface area contributed by atoms with Crippen LogP contribution in [0, 0.1) is 20.8 Å². The highest BCUT2D eigenvalue weighted by Gasteiger charge is 2.12. The molecule has 0 saturated heterocycles. The number of anilines is 2. The Balaban J connectivity index is 1.86. The van der Waals surface area contributed by atoms with Gasteiger partial charge in [-0.1, -0.05) is 17.7 Å².